The monoisotopic (exact) mass is 480 g/mol. The number of anilines is 1. The molecule has 36 heavy (non-hydrogen) atoms. The third kappa shape index (κ3) is 3.94. The van der Waals surface area contributed by atoms with Crippen LogP contribution < -0.4 is 9.64 Å². The Morgan fingerprint density at radius 3 is 2.31 bits per heavy atom. The number of esters is 1. The van der Waals surface area contributed by atoms with Crippen molar-refractivity contribution in [2.75, 3.05) is 4.90 Å². The third-order valence-corrected chi connectivity index (χ3v) is 6.23. The van der Waals surface area contributed by atoms with Gasteiger partial charge in [-0.3, -0.25) is 19.3 Å². The number of benzene rings is 3. The molecular weight excluding hydrogens is 456 g/mol. The lowest BCUT2D eigenvalue weighted by atomic mass is 9.94. The van der Waals surface area contributed by atoms with Gasteiger partial charge in [0.25, 0.3) is 11.7 Å². The summed E-state index contributed by atoms with van der Waals surface area (Å²) < 4.78 is 5.15. The van der Waals surface area contributed by atoms with Gasteiger partial charge in [0.1, 0.15) is 11.5 Å². The highest BCUT2D eigenvalue weighted by atomic mass is 16.5. The fourth-order valence-electron chi connectivity index (χ4n) is 4.80. The van der Waals surface area contributed by atoms with Gasteiger partial charge in [-0.1, -0.05) is 36.4 Å². The molecule has 1 saturated heterocycles. The van der Waals surface area contributed by atoms with Crippen LogP contribution >= 0.6 is 0 Å². The first-order chi connectivity index (χ1) is 17.2. The first-order valence-corrected chi connectivity index (χ1v) is 11.5. The van der Waals surface area contributed by atoms with Gasteiger partial charge in [0.2, 0.25) is 0 Å². The molecule has 0 bridgehead atoms. The van der Waals surface area contributed by atoms with Crippen LogP contribution in [0.25, 0.3) is 16.7 Å². The zero-order valence-electron chi connectivity index (χ0n) is 20.0. The van der Waals surface area contributed by atoms with Gasteiger partial charge < -0.3 is 14.8 Å². The Bertz CT molecular complexity index is 1540. The molecule has 7 heteroatoms. The Balaban J connectivity index is 1.73. The van der Waals surface area contributed by atoms with Crippen LogP contribution in [0, 0.1) is 13.8 Å². The van der Waals surface area contributed by atoms with Crippen molar-refractivity contribution in [3.8, 4) is 5.75 Å². The highest BCUT2D eigenvalue weighted by Gasteiger charge is 2.47. The van der Waals surface area contributed by atoms with Crippen LogP contribution in [0.2, 0.25) is 0 Å². The number of aromatic nitrogens is 1. The maximum absolute atomic E-state index is 13.4. The maximum Gasteiger partial charge on any atom is 0.308 e. The summed E-state index contributed by atoms with van der Waals surface area (Å²) in [5, 5.41) is 12.2. The second-order valence-electron chi connectivity index (χ2n) is 8.93. The van der Waals surface area contributed by atoms with Crippen molar-refractivity contribution in [3.63, 3.8) is 0 Å². The first kappa shape index (κ1) is 23.1. The lowest BCUT2D eigenvalue weighted by Gasteiger charge is -2.26. The summed E-state index contributed by atoms with van der Waals surface area (Å²) in [6.45, 7) is 5.15. The number of ketones is 1. The number of amides is 1. The van der Waals surface area contributed by atoms with Gasteiger partial charge in [0.15, 0.2) is 0 Å². The maximum atomic E-state index is 13.4. The minimum atomic E-state index is -0.883. The number of para-hydroxylation sites is 1. The number of aryl methyl sites for hydroxylation is 2. The molecule has 2 heterocycles. The number of H-pyrrole nitrogens is 1. The number of ether oxygens (including phenoxy) is 1. The SMILES string of the molecule is CC(=O)Oc1ccc(C2/C(=C(/O)c3c[nH]c4ccccc34)C(=O)C(=O)N2c2cc(C)cc(C)c2)cc1. The van der Waals surface area contributed by atoms with Gasteiger partial charge in [-0.25, -0.2) is 0 Å². The highest BCUT2D eigenvalue weighted by Crippen LogP contribution is 2.43. The van der Waals surface area contributed by atoms with Crippen LogP contribution in [0.1, 0.15) is 35.2 Å². The lowest BCUT2D eigenvalue weighted by Crippen LogP contribution is -2.29. The molecule has 1 amide bonds. The standard InChI is InChI=1S/C29H24N2O5/c1-16-12-17(2)14-20(13-16)31-26(19-8-10-21(11-9-19)36-18(3)32)25(28(34)29(31)35)27(33)23-15-30-24-7-5-4-6-22(23)24/h4-15,26,30,33H,1-3H3/b27-25-. The van der Waals surface area contributed by atoms with Crippen molar-refractivity contribution < 1.29 is 24.2 Å². The van der Waals surface area contributed by atoms with E-state index in [0.717, 1.165) is 22.0 Å². The molecule has 7 nitrogen and oxygen atoms in total. The molecule has 0 radical (unpaired) electrons. The number of fused-ring (bicyclic) bond motifs is 1. The average molecular weight is 481 g/mol. The fraction of sp³-hybridized carbons (Fsp3) is 0.138. The van der Waals surface area contributed by atoms with Crippen molar-refractivity contribution in [2.45, 2.75) is 26.8 Å². The van der Waals surface area contributed by atoms with Crippen LogP contribution in [-0.2, 0) is 14.4 Å². The van der Waals surface area contributed by atoms with Gasteiger partial charge >= 0.3 is 5.97 Å². The number of aliphatic hydroxyl groups excluding tert-OH is 1. The summed E-state index contributed by atoms with van der Waals surface area (Å²) >= 11 is 0. The molecule has 1 atom stereocenters. The summed E-state index contributed by atoms with van der Waals surface area (Å²) in [5.74, 6) is -1.87. The molecule has 1 aliphatic rings. The number of hydrogen-bond acceptors (Lipinski definition) is 5. The van der Waals surface area contributed by atoms with E-state index in [4.69, 9.17) is 4.74 Å². The van der Waals surface area contributed by atoms with E-state index < -0.39 is 23.7 Å². The number of carbonyl (C=O) groups is 3. The van der Waals surface area contributed by atoms with Gasteiger partial charge in [-0.2, -0.15) is 0 Å². The highest BCUT2D eigenvalue weighted by molar-refractivity contribution is 6.51. The molecule has 0 aliphatic carbocycles. The number of Topliss-reactive ketones (excluding diaryl/α,β-unsaturated/α-hetero) is 1. The Morgan fingerprint density at radius 2 is 1.64 bits per heavy atom. The van der Waals surface area contributed by atoms with E-state index in [2.05, 4.69) is 4.98 Å². The van der Waals surface area contributed by atoms with Crippen LogP contribution in [0.4, 0.5) is 5.69 Å². The molecule has 180 valence electrons. The van der Waals surface area contributed by atoms with Crippen molar-refractivity contribution in [1.29, 1.82) is 0 Å². The summed E-state index contributed by atoms with van der Waals surface area (Å²) in [5.41, 5.74) is 4.24. The Labute approximate surface area is 207 Å². The number of aliphatic hydroxyl groups is 1. The zero-order valence-corrected chi connectivity index (χ0v) is 20.0. The summed E-state index contributed by atoms with van der Waals surface area (Å²) in [6, 6.07) is 18.8. The summed E-state index contributed by atoms with van der Waals surface area (Å²) in [6.07, 6.45) is 1.63. The number of nitrogens with one attached hydrogen (secondary N) is 1. The molecule has 1 fully saturated rings. The lowest BCUT2D eigenvalue weighted by molar-refractivity contribution is -0.132. The largest absolute Gasteiger partial charge is 0.507 e. The molecule has 0 saturated carbocycles. The van der Waals surface area contributed by atoms with Crippen molar-refractivity contribution in [3.05, 3.63) is 101 Å². The average Bonchev–Trinajstić information content (AvgIpc) is 3.37. The molecule has 3 aromatic carbocycles. The van der Waals surface area contributed by atoms with E-state index in [9.17, 15) is 19.5 Å². The predicted octanol–water partition coefficient (Wildman–Crippen LogP) is 5.34. The summed E-state index contributed by atoms with van der Waals surface area (Å²) in [4.78, 5) is 42.7. The first-order valence-electron chi connectivity index (χ1n) is 11.5. The van der Waals surface area contributed by atoms with Crippen LogP contribution in [-0.4, -0.2) is 27.8 Å². The zero-order chi connectivity index (χ0) is 25.6. The van der Waals surface area contributed by atoms with Crippen LogP contribution in [0.5, 0.6) is 5.75 Å². The molecule has 0 spiro atoms. The fourth-order valence-corrected chi connectivity index (χ4v) is 4.80. The number of rotatable bonds is 4. The van der Waals surface area contributed by atoms with E-state index in [0.29, 0.717) is 22.6 Å². The Morgan fingerprint density at radius 1 is 0.972 bits per heavy atom. The number of hydrogen-bond donors (Lipinski definition) is 2. The number of aromatic amines is 1. The van der Waals surface area contributed by atoms with Crippen LogP contribution in [0.15, 0.2) is 78.5 Å². The van der Waals surface area contributed by atoms with Gasteiger partial charge in [-0.05, 0) is 60.9 Å². The Hall–Kier alpha value is -4.65. The van der Waals surface area contributed by atoms with E-state index >= 15 is 0 Å². The van der Waals surface area contributed by atoms with E-state index in [-0.39, 0.29) is 11.3 Å². The molecule has 1 aromatic heterocycles. The molecule has 1 unspecified atom stereocenters. The quantitative estimate of drug-likeness (QED) is 0.135. The molecule has 5 rings (SSSR count). The molecule has 2 N–H and O–H groups in total. The van der Waals surface area contributed by atoms with E-state index in [1.54, 1.807) is 30.5 Å². The molecule has 1 aliphatic heterocycles. The predicted molar refractivity (Wildman–Crippen MR) is 137 cm³/mol. The second kappa shape index (κ2) is 8.85. The van der Waals surface area contributed by atoms with E-state index in [1.807, 2.05) is 56.3 Å². The normalized spacial score (nSPS) is 17.1. The minimum absolute atomic E-state index is 0.0100. The van der Waals surface area contributed by atoms with Crippen LogP contribution in [0.3, 0.4) is 0 Å². The number of nitrogens with zero attached hydrogens (tertiary/aromatic N) is 1. The topological polar surface area (TPSA) is 99.7 Å². The second-order valence-corrected chi connectivity index (χ2v) is 8.93. The van der Waals surface area contributed by atoms with Crippen molar-refractivity contribution in [2.24, 2.45) is 0 Å². The molecular formula is C29H24N2O5. The van der Waals surface area contributed by atoms with E-state index in [1.165, 1.54) is 11.8 Å². The minimum Gasteiger partial charge on any atom is -0.507 e. The van der Waals surface area contributed by atoms with Gasteiger partial charge in [0, 0.05) is 35.3 Å². The number of carbonyl (C=O) groups excluding carboxylic acids is 3. The Kier molecular flexibility index (Phi) is 5.68. The third-order valence-electron chi connectivity index (χ3n) is 6.23. The smallest absolute Gasteiger partial charge is 0.308 e. The van der Waals surface area contributed by atoms with Crippen molar-refractivity contribution in [1.82, 2.24) is 4.98 Å². The summed E-state index contributed by atoms with van der Waals surface area (Å²) in [7, 11) is 0. The van der Waals surface area contributed by atoms with Gasteiger partial charge in [0.05, 0.1) is 11.6 Å². The van der Waals surface area contributed by atoms with Gasteiger partial charge in [-0.15, -0.1) is 0 Å². The van der Waals surface area contributed by atoms with Crippen molar-refractivity contribution >= 4 is 40.0 Å². The molecule has 4 aromatic rings.